The Morgan fingerprint density at radius 2 is 0.913 bits per heavy atom. The number of hydrogen-bond acceptors (Lipinski definition) is 4. The number of aliphatic hydroxyl groups excluding tert-OH is 1. The summed E-state index contributed by atoms with van der Waals surface area (Å²) in [5, 5.41) is 9.58. The van der Waals surface area contributed by atoms with E-state index in [4.69, 9.17) is 9.47 Å². The van der Waals surface area contributed by atoms with Gasteiger partial charge in [-0.2, -0.15) is 0 Å². The van der Waals surface area contributed by atoms with E-state index in [2.05, 4.69) is 50.3 Å². The summed E-state index contributed by atoms with van der Waals surface area (Å²) in [5.41, 5.74) is 0. The smallest absolute Gasteiger partial charge is 0.306 e. The van der Waals surface area contributed by atoms with Gasteiger partial charge in [0.05, 0.1) is 13.2 Å². The van der Waals surface area contributed by atoms with Crippen molar-refractivity contribution in [3.8, 4) is 0 Å². The van der Waals surface area contributed by atoms with Gasteiger partial charge in [-0.25, -0.2) is 0 Å². The molecule has 0 rings (SSSR count). The average Bonchev–Trinajstić information content (AvgIpc) is 3.06. The molecule has 1 atom stereocenters. The zero-order valence-electron chi connectivity index (χ0n) is 30.8. The Kier molecular flexibility index (Phi) is 38.6. The second kappa shape index (κ2) is 39.8. The molecule has 0 heterocycles. The molecule has 0 radical (unpaired) electrons. The van der Waals surface area contributed by atoms with Crippen molar-refractivity contribution in [2.45, 2.75) is 206 Å². The average molecular weight is 647 g/mol. The minimum atomic E-state index is -0.540. The summed E-state index contributed by atoms with van der Waals surface area (Å²) in [6.07, 6.45) is 49.0. The molecule has 4 nitrogen and oxygen atoms in total. The first-order chi connectivity index (χ1) is 22.7. The lowest BCUT2D eigenvalue weighted by molar-refractivity contribution is -0.154. The number of aliphatic hydroxyl groups is 1. The monoisotopic (exact) mass is 647 g/mol. The molecule has 0 aromatic carbocycles. The maximum atomic E-state index is 12.2. The lowest BCUT2D eigenvalue weighted by atomic mass is 10.1. The lowest BCUT2D eigenvalue weighted by Crippen LogP contribution is -2.27. The molecule has 0 aromatic heterocycles. The van der Waals surface area contributed by atoms with Crippen LogP contribution in [0.15, 0.2) is 36.5 Å². The van der Waals surface area contributed by atoms with Crippen LogP contribution in [0.2, 0.25) is 0 Å². The van der Waals surface area contributed by atoms with Gasteiger partial charge in [0.25, 0.3) is 0 Å². The van der Waals surface area contributed by atoms with Crippen LogP contribution in [0, 0.1) is 0 Å². The summed E-state index contributed by atoms with van der Waals surface area (Å²) in [5.74, 6) is -0.210. The van der Waals surface area contributed by atoms with Crippen molar-refractivity contribution in [1.82, 2.24) is 0 Å². The minimum Gasteiger partial charge on any atom is -0.457 e. The molecule has 1 unspecified atom stereocenters. The van der Waals surface area contributed by atoms with Gasteiger partial charge in [-0.15, -0.1) is 0 Å². The topological polar surface area (TPSA) is 55.8 Å². The van der Waals surface area contributed by atoms with Crippen molar-refractivity contribution >= 4 is 5.97 Å². The van der Waals surface area contributed by atoms with Gasteiger partial charge in [0, 0.05) is 13.0 Å². The highest BCUT2D eigenvalue weighted by molar-refractivity contribution is 5.69. The van der Waals surface area contributed by atoms with Gasteiger partial charge in [-0.3, -0.25) is 4.79 Å². The fraction of sp³-hybridized carbons (Fsp3) is 0.833. The van der Waals surface area contributed by atoms with Crippen LogP contribution >= 0.6 is 0 Å². The zero-order valence-corrected chi connectivity index (χ0v) is 30.8. The van der Waals surface area contributed by atoms with Crippen LogP contribution in [0.1, 0.15) is 200 Å². The van der Waals surface area contributed by atoms with Crippen LogP contribution in [-0.4, -0.2) is 37.0 Å². The van der Waals surface area contributed by atoms with Gasteiger partial charge in [0.2, 0.25) is 0 Å². The maximum Gasteiger partial charge on any atom is 0.306 e. The Balaban J connectivity index is 3.45. The summed E-state index contributed by atoms with van der Waals surface area (Å²) < 4.78 is 11.1. The zero-order chi connectivity index (χ0) is 33.4. The van der Waals surface area contributed by atoms with E-state index in [-0.39, 0.29) is 12.6 Å². The molecule has 0 amide bonds. The van der Waals surface area contributed by atoms with E-state index in [0.717, 1.165) is 25.7 Å². The van der Waals surface area contributed by atoms with Crippen molar-refractivity contribution in [2.24, 2.45) is 0 Å². The van der Waals surface area contributed by atoms with E-state index in [1.165, 1.54) is 154 Å². The third-order valence-corrected chi connectivity index (χ3v) is 8.69. The molecule has 0 aliphatic rings. The molecule has 0 spiro atoms. The molecule has 0 saturated carbocycles. The molecule has 0 bridgehead atoms. The molecular formula is C42H78O4. The summed E-state index contributed by atoms with van der Waals surface area (Å²) in [6, 6.07) is 0. The second-order valence-electron chi connectivity index (χ2n) is 13.3. The highest BCUT2D eigenvalue weighted by Gasteiger charge is 2.13. The fourth-order valence-corrected chi connectivity index (χ4v) is 5.65. The van der Waals surface area contributed by atoms with E-state index >= 15 is 0 Å². The van der Waals surface area contributed by atoms with Crippen molar-refractivity contribution < 1.29 is 19.4 Å². The van der Waals surface area contributed by atoms with Crippen LogP contribution in [-0.2, 0) is 14.3 Å². The predicted molar refractivity (Wildman–Crippen MR) is 200 cm³/mol. The van der Waals surface area contributed by atoms with Crippen LogP contribution in [0.3, 0.4) is 0 Å². The number of esters is 1. The van der Waals surface area contributed by atoms with Crippen LogP contribution in [0.25, 0.3) is 0 Å². The van der Waals surface area contributed by atoms with Gasteiger partial charge < -0.3 is 14.6 Å². The Labute approximate surface area is 287 Å². The van der Waals surface area contributed by atoms with Gasteiger partial charge in [0.1, 0.15) is 6.10 Å². The number of unbranched alkanes of at least 4 members (excludes halogenated alkanes) is 23. The first-order valence-electron chi connectivity index (χ1n) is 20.1. The lowest BCUT2D eigenvalue weighted by Gasteiger charge is -2.15. The molecule has 270 valence electrons. The third kappa shape index (κ3) is 37.1. The Morgan fingerprint density at radius 3 is 1.41 bits per heavy atom. The van der Waals surface area contributed by atoms with Crippen molar-refractivity contribution in [3.63, 3.8) is 0 Å². The van der Waals surface area contributed by atoms with E-state index in [1.54, 1.807) is 0 Å². The molecule has 0 fully saturated rings. The molecule has 0 aromatic rings. The molecule has 0 saturated heterocycles. The molecular weight excluding hydrogens is 568 g/mol. The SMILES string of the molecule is CCCCC/C=C\C/C=C\CCCCCCCCCC(=O)OC(CO)COCCCCCCCC/C=C\CCCCCCCCC. The molecule has 1 N–H and O–H groups in total. The van der Waals surface area contributed by atoms with Crippen LogP contribution in [0.4, 0.5) is 0 Å². The van der Waals surface area contributed by atoms with Gasteiger partial charge >= 0.3 is 5.97 Å². The highest BCUT2D eigenvalue weighted by atomic mass is 16.6. The minimum absolute atomic E-state index is 0.176. The quantitative estimate of drug-likeness (QED) is 0.0414. The van der Waals surface area contributed by atoms with E-state index in [1.807, 2.05) is 0 Å². The van der Waals surface area contributed by atoms with E-state index in [0.29, 0.717) is 19.6 Å². The Bertz CT molecular complexity index is 683. The van der Waals surface area contributed by atoms with E-state index < -0.39 is 6.10 Å². The predicted octanol–water partition coefficient (Wildman–Crippen LogP) is 12.9. The summed E-state index contributed by atoms with van der Waals surface area (Å²) in [7, 11) is 0. The largest absolute Gasteiger partial charge is 0.457 e. The molecule has 4 heteroatoms. The number of ether oxygens (including phenoxy) is 2. The van der Waals surface area contributed by atoms with Gasteiger partial charge in [-0.1, -0.05) is 159 Å². The second-order valence-corrected chi connectivity index (χ2v) is 13.3. The Morgan fingerprint density at radius 1 is 0.522 bits per heavy atom. The van der Waals surface area contributed by atoms with Gasteiger partial charge in [0.15, 0.2) is 0 Å². The first kappa shape index (κ1) is 44.6. The number of hydrogen-bond donors (Lipinski definition) is 1. The summed E-state index contributed by atoms with van der Waals surface area (Å²) in [6.45, 7) is 5.31. The van der Waals surface area contributed by atoms with Crippen molar-refractivity contribution in [3.05, 3.63) is 36.5 Å². The molecule has 0 aliphatic carbocycles. The number of allylic oxidation sites excluding steroid dienone is 6. The first-order valence-corrected chi connectivity index (χ1v) is 20.1. The standard InChI is InChI=1S/C42H78O4/c1-3-5-7-9-11-13-15-17-19-21-23-25-27-29-31-33-35-37-42(44)46-41(39-43)40-45-38-36-34-32-30-28-26-24-22-20-18-16-14-12-10-8-6-4-2/h11,13,17,19-20,22,41,43H,3-10,12,14-16,18,21,23-40H2,1-2H3/b13-11-,19-17-,22-20-. The van der Waals surface area contributed by atoms with Crippen LogP contribution < -0.4 is 0 Å². The number of carbonyl (C=O) groups excluding carboxylic acids is 1. The van der Waals surface area contributed by atoms with Gasteiger partial charge in [-0.05, 0) is 70.6 Å². The highest BCUT2D eigenvalue weighted by Crippen LogP contribution is 2.13. The summed E-state index contributed by atoms with van der Waals surface area (Å²) in [4.78, 5) is 12.2. The normalized spacial score (nSPS) is 12.7. The number of rotatable bonds is 37. The Hall–Kier alpha value is -1.39. The fourth-order valence-electron chi connectivity index (χ4n) is 5.65. The van der Waals surface area contributed by atoms with E-state index in [9.17, 15) is 9.90 Å². The number of carbonyl (C=O) groups is 1. The molecule has 46 heavy (non-hydrogen) atoms. The van der Waals surface area contributed by atoms with Crippen LogP contribution in [0.5, 0.6) is 0 Å². The third-order valence-electron chi connectivity index (χ3n) is 8.69. The maximum absolute atomic E-state index is 12.2. The van der Waals surface area contributed by atoms with Crippen molar-refractivity contribution in [2.75, 3.05) is 19.8 Å². The summed E-state index contributed by atoms with van der Waals surface area (Å²) >= 11 is 0. The van der Waals surface area contributed by atoms with Crippen molar-refractivity contribution in [1.29, 1.82) is 0 Å². The molecule has 0 aliphatic heterocycles.